The molecule has 184 valence electrons. The molecule has 0 fully saturated rings. The Kier molecular flexibility index (Phi) is 9.35. The predicted molar refractivity (Wildman–Crippen MR) is 143 cm³/mol. The first kappa shape index (κ1) is 26.8. The largest absolute Gasteiger partial charge is 0.482 e. The van der Waals surface area contributed by atoms with Crippen LogP contribution in [0.4, 0.5) is 0 Å². The minimum absolute atomic E-state index is 0.220. The van der Waals surface area contributed by atoms with E-state index in [1.54, 1.807) is 29.2 Å². The molecular weight excluding hydrogens is 528 g/mol. The Morgan fingerprint density at radius 3 is 2.29 bits per heavy atom. The molecule has 3 aromatic carbocycles. The van der Waals surface area contributed by atoms with Crippen molar-refractivity contribution in [2.75, 3.05) is 6.61 Å². The molecule has 0 bridgehead atoms. The Balaban J connectivity index is 1.94. The minimum atomic E-state index is -0.738. The van der Waals surface area contributed by atoms with Gasteiger partial charge in [-0.2, -0.15) is 0 Å². The van der Waals surface area contributed by atoms with Crippen LogP contribution in [0.2, 0.25) is 5.02 Å². The SMILES string of the molecule is CC(C)(C)NC(=O)[C@@H](Cc1ccccc1)N(Cc1cccc(Br)c1)C(=O)COc1ccccc1Cl. The Hall–Kier alpha value is -2.83. The Morgan fingerprint density at radius 2 is 1.63 bits per heavy atom. The van der Waals surface area contributed by atoms with Crippen LogP contribution in [0.25, 0.3) is 0 Å². The average molecular weight is 558 g/mol. The highest BCUT2D eigenvalue weighted by atomic mass is 79.9. The number of ether oxygens (including phenoxy) is 1. The topological polar surface area (TPSA) is 58.6 Å². The summed E-state index contributed by atoms with van der Waals surface area (Å²) in [5.74, 6) is -0.110. The lowest BCUT2D eigenvalue weighted by molar-refractivity contribution is -0.143. The molecule has 0 aliphatic rings. The molecule has 1 atom stereocenters. The number of hydrogen-bond acceptors (Lipinski definition) is 3. The molecule has 0 radical (unpaired) electrons. The number of amides is 2. The first-order valence-corrected chi connectivity index (χ1v) is 12.6. The highest BCUT2D eigenvalue weighted by molar-refractivity contribution is 9.10. The summed E-state index contributed by atoms with van der Waals surface area (Å²) in [4.78, 5) is 28.7. The minimum Gasteiger partial charge on any atom is -0.482 e. The van der Waals surface area contributed by atoms with Gasteiger partial charge in [0.2, 0.25) is 5.91 Å². The van der Waals surface area contributed by atoms with E-state index in [0.717, 1.165) is 15.6 Å². The van der Waals surface area contributed by atoms with E-state index in [1.807, 2.05) is 75.4 Å². The van der Waals surface area contributed by atoms with E-state index in [0.29, 0.717) is 17.2 Å². The quantitative estimate of drug-likeness (QED) is 0.349. The number of halogens is 2. The first-order valence-electron chi connectivity index (χ1n) is 11.4. The fourth-order valence-corrected chi connectivity index (χ4v) is 4.26. The second kappa shape index (κ2) is 12.2. The monoisotopic (exact) mass is 556 g/mol. The van der Waals surface area contributed by atoms with Crippen molar-refractivity contribution in [3.8, 4) is 5.75 Å². The van der Waals surface area contributed by atoms with Crippen LogP contribution in [-0.4, -0.2) is 34.9 Å². The number of para-hydroxylation sites is 1. The lowest BCUT2D eigenvalue weighted by atomic mass is 10.0. The molecule has 2 amide bonds. The molecule has 5 nitrogen and oxygen atoms in total. The standard InChI is InChI=1S/C28H30BrClN2O3/c1-28(2,3)31-27(34)24(17-20-10-5-4-6-11-20)32(18-21-12-9-13-22(29)16-21)26(33)19-35-25-15-8-7-14-23(25)30/h4-16,24H,17-19H2,1-3H3,(H,31,34)/t24-/m1/s1. The number of carbonyl (C=O) groups excluding carboxylic acids is 2. The van der Waals surface area contributed by atoms with Gasteiger partial charge in [0.1, 0.15) is 11.8 Å². The van der Waals surface area contributed by atoms with Crippen molar-refractivity contribution < 1.29 is 14.3 Å². The van der Waals surface area contributed by atoms with Gasteiger partial charge < -0.3 is 15.0 Å². The summed E-state index contributed by atoms with van der Waals surface area (Å²) in [6.07, 6.45) is 0.370. The summed E-state index contributed by atoms with van der Waals surface area (Å²) in [6, 6.07) is 23.7. The molecule has 1 N–H and O–H groups in total. The van der Waals surface area contributed by atoms with Crippen LogP contribution in [0.5, 0.6) is 5.75 Å². The molecule has 7 heteroatoms. The normalized spacial score (nSPS) is 12.0. The molecule has 0 aromatic heterocycles. The fourth-order valence-electron chi connectivity index (χ4n) is 3.62. The average Bonchev–Trinajstić information content (AvgIpc) is 2.80. The molecular formula is C28H30BrClN2O3. The second-order valence-electron chi connectivity index (χ2n) is 9.32. The Morgan fingerprint density at radius 1 is 0.971 bits per heavy atom. The summed E-state index contributed by atoms with van der Waals surface area (Å²) in [6.45, 7) is 5.77. The zero-order chi connectivity index (χ0) is 25.4. The van der Waals surface area contributed by atoms with Gasteiger partial charge in [0.15, 0.2) is 6.61 Å². The molecule has 35 heavy (non-hydrogen) atoms. The lowest BCUT2D eigenvalue weighted by Gasteiger charge is -2.33. The highest BCUT2D eigenvalue weighted by Gasteiger charge is 2.32. The second-order valence-corrected chi connectivity index (χ2v) is 10.6. The van der Waals surface area contributed by atoms with Crippen LogP contribution in [0.3, 0.4) is 0 Å². The van der Waals surface area contributed by atoms with E-state index in [1.165, 1.54) is 0 Å². The third kappa shape index (κ3) is 8.41. The van der Waals surface area contributed by atoms with E-state index >= 15 is 0 Å². The predicted octanol–water partition coefficient (Wildman–Crippen LogP) is 6.04. The summed E-state index contributed by atoms with van der Waals surface area (Å²) < 4.78 is 6.65. The van der Waals surface area contributed by atoms with Crippen molar-refractivity contribution in [3.05, 3.63) is 99.5 Å². The van der Waals surface area contributed by atoms with Crippen LogP contribution >= 0.6 is 27.5 Å². The molecule has 0 heterocycles. The van der Waals surface area contributed by atoms with Crippen LogP contribution in [-0.2, 0) is 22.6 Å². The first-order chi connectivity index (χ1) is 16.6. The van der Waals surface area contributed by atoms with E-state index in [2.05, 4.69) is 21.2 Å². The maximum absolute atomic E-state index is 13.6. The smallest absolute Gasteiger partial charge is 0.261 e. The molecule has 3 rings (SSSR count). The van der Waals surface area contributed by atoms with Gasteiger partial charge in [-0.1, -0.05) is 82.1 Å². The maximum Gasteiger partial charge on any atom is 0.261 e. The molecule has 0 unspecified atom stereocenters. The molecule has 0 aliphatic heterocycles. The van der Waals surface area contributed by atoms with Gasteiger partial charge in [0, 0.05) is 23.0 Å². The van der Waals surface area contributed by atoms with Crippen molar-refractivity contribution in [2.24, 2.45) is 0 Å². The van der Waals surface area contributed by atoms with Crippen molar-refractivity contribution in [2.45, 2.75) is 45.3 Å². The van der Waals surface area contributed by atoms with E-state index < -0.39 is 11.6 Å². The van der Waals surface area contributed by atoms with Gasteiger partial charge in [-0.05, 0) is 56.2 Å². The molecule has 0 saturated carbocycles. The number of nitrogens with one attached hydrogen (secondary N) is 1. The van der Waals surface area contributed by atoms with Crippen molar-refractivity contribution >= 4 is 39.3 Å². The number of nitrogens with zero attached hydrogens (tertiary/aromatic N) is 1. The molecule has 0 aliphatic carbocycles. The van der Waals surface area contributed by atoms with Gasteiger partial charge in [0.25, 0.3) is 5.91 Å². The molecule has 3 aromatic rings. The van der Waals surface area contributed by atoms with Crippen molar-refractivity contribution in [3.63, 3.8) is 0 Å². The highest BCUT2D eigenvalue weighted by Crippen LogP contribution is 2.24. The third-order valence-electron chi connectivity index (χ3n) is 5.20. The van der Waals surface area contributed by atoms with E-state index in [-0.39, 0.29) is 25.0 Å². The zero-order valence-corrected chi connectivity index (χ0v) is 22.5. The number of hydrogen-bond donors (Lipinski definition) is 1. The van der Waals surface area contributed by atoms with Gasteiger partial charge in [-0.15, -0.1) is 0 Å². The molecule has 0 saturated heterocycles. The Labute approximate surface area is 220 Å². The maximum atomic E-state index is 13.6. The number of carbonyl (C=O) groups is 2. The van der Waals surface area contributed by atoms with Gasteiger partial charge >= 0.3 is 0 Å². The van der Waals surface area contributed by atoms with Gasteiger partial charge in [0.05, 0.1) is 5.02 Å². The summed E-state index contributed by atoms with van der Waals surface area (Å²) in [7, 11) is 0. The van der Waals surface area contributed by atoms with Gasteiger partial charge in [-0.25, -0.2) is 0 Å². The van der Waals surface area contributed by atoms with Crippen LogP contribution in [0.15, 0.2) is 83.3 Å². The summed E-state index contributed by atoms with van der Waals surface area (Å²) in [5.41, 5.74) is 1.40. The van der Waals surface area contributed by atoms with Crippen molar-refractivity contribution in [1.29, 1.82) is 0 Å². The summed E-state index contributed by atoms with van der Waals surface area (Å²) in [5, 5.41) is 3.47. The Bertz CT molecular complexity index is 1150. The zero-order valence-electron chi connectivity index (χ0n) is 20.1. The summed E-state index contributed by atoms with van der Waals surface area (Å²) >= 11 is 9.70. The van der Waals surface area contributed by atoms with Crippen LogP contribution < -0.4 is 10.1 Å². The van der Waals surface area contributed by atoms with E-state index in [4.69, 9.17) is 16.3 Å². The number of benzene rings is 3. The van der Waals surface area contributed by atoms with Crippen LogP contribution in [0, 0.1) is 0 Å². The van der Waals surface area contributed by atoms with Crippen LogP contribution in [0.1, 0.15) is 31.9 Å². The lowest BCUT2D eigenvalue weighted by Crippen LogP contribution is -2.55. The van der Waals surface area contributed by atoms with E-state index in [9.17, 15) is 9.59 Å². The van der Waals surface area contributed by atoms with Crippen molar-refractivity contribution in [1.82, 2.24) is 10.2 Å². The molecule has 0 spiro atoms. The third-order valence-corrected chi connectivity index (χ3v) is 6.00. The number of rotatable bonds is 9. The fraction of sp³-hybridized carbons (Fsp3) is 0.286. The van der Waals surface area contributed by atoms with Gasteiger partial charge in [-0.3, -0.25) is 9.59 Å².